The van der Waals surface area contributed by atoms with Gasteiger partial charge in [-0.15, -0.1) is 0 Å². The molecule has 2 unspecified atom stereocenters. The highest BCUT2D eigenvalue weighted by Crippen LogP contribution is 2.60. The van der Waals surface area contributed by atoms with Gasteiger partial charge in [-0.25, -0.2) is 0 Å². The van der Waals surface area contributed by atoms with Gasteiger partial charge in [0.15, 0.2) is 0 Å². The minimum absolute atomic E-state index is 0.0205. The smallest absolute Gasteiger partial charge is 0.0468 e. The Hall–Kier alpha value is -8.72. The second-order valence-electron chi connectivity index (χ2n) is 21.7. The number of fused-ring (bicyclic) bond motifs is 9. The van der Waals surface area contributed by atoms with Crippen molar-refractivity contribution in [1.82, 2.24) is 0 Å². The summed E-state index contributed by atoms with van der Waals surface area (Å²) in [4.78, 5) is 4.83. The molecule has 12 aromatic carbocycles. The van der Waals surface area contributed by atoms with Crippen LogP contribution in [0, 0.1) is 0 Å². The first-order valence-electron chi connectivity index (χ1n) is 26.4. The van der Waals surface area contributed by atoms with E-state index in [0.717, 1.165) is 47.0 Å². The van der Waals surface area contributed by atoms with Crippen LogP contribution in [-0.4, -0.2) is 0 Å². The molecule has 0 heterocycles. The van der Waals surface area contributed by atoms with E-state index in [1.54, 1.807) is 0 Å². The lowest BCUT2D eigenvalue weighted by molar-refractivity contribution is 0.431. The van der Waals surface area contributed by atoms with Crippen molar-refractivity contribution < 1.29 is 0 Å². The normalized spacial score (nSPS) is 16.6. The summed E-state index contributed by atoms with van der Waals surface area (Å²) < 4.78 is 0. The molecule has 2 nitrogen and oxygen atoms in total. The van der Waals surface area contributed by atoms with E-state index in [4.69, 9.17) is 0 Å². The van der Waals surface area contributed by atoms with Crippen LogP contribution < -0.4 is 9.80 Å². The molecule has 0 amide bonds. The largest absolute Gasteiger partial charge is 0.310 e. The molecule has 74 heavy (non-hydrogen) atoms. The van der Waals surface area contributed by atoms with Crippen LogP contribution in [0.5, 0.6) is 0 Å². The lowest BCUT2D eigenvalue weighted by Crippen LogP contribution is -2.40. The first-order valence-corrected chi connectivity index (χ1v) is 26.4. The average molecular weight is 947 g/mol. The van der Waals surface area contributed by atoms with Crippen LogP contribution in [0.4, 0.5) is 34.1 Å². The molecular weight excluding hydrogens is 893 g/mol. The summed E-state index contributed by atoms with van der Waals surface area (Å²) in [5.74, 6) is 0.324. The van der Waals surface area contributed by atoms with Gasteiger partial charge in [0, 0.05) is 50.9 Å². The van der Waals surface area contributed by atoms with Gasteiger partial charge in [0.1, 0.15) is 0 Å². The Balaban J connectivity index is 0.734. The number of hydrogen-bond acceptors (Lipinski definition) is 2. The topological polar surface area (TPSA) is 6.48 Å². The SMILES string of the molecule is CCC1(c2ccc(N(c3ccc4ccccc4c3)c3ccc4ccccc4c3)cc2)Cc2cc3c(cc21)C(C)(C)c1cc2c(cc1-3)C2c1ccc(N(c2ccc3ccccc3c2)c2ccc3ccccc3c2)cc1. The van der Waals surface area contributed by atoms with Crippen LogP contribution in [0.1, 0.15) is 77.6 Å². The Morgan fingerprint density at radius 1 is 0.365 bits per heavy atom. The van der Waals surface area contributed by atoms with Crippen molar-refractivity contribution >= 4 is 77.2 Å². The zero-order valence-electron chi connectivity index (χ0n) is 42.0. The van der Waals surface area contributed by atoms with E-state index in [1.165, 1.54) is 98.7 Å². The Bertz CT molecular complexity index is 4100. The summed E-state index contributed by atoms with van der Waals surface area (Å²) in [6.45, 7) is 7.28. The lowest BCUT2D eigenvalue weighted by atomic mass is 9.58. The molecule has 0 N–H and O–H groups in total. The summed E-state index contributed by atoms with van der Waals surface area (Å²) in [5, 5.41) is 9.94. The van der Waals surface area contributed by atoms with Crippen molar-refractivity contribution in [3.8, 4) is 11.1 Å². The molecule has 3 aliphatic rings. The van der Waals surface area contributed by atoms with E-state index < -0.39 is 0 Å². The van der Waals surface area contributed by atoms with Gasteiger partial charge in [0.2, 0.25) is 0 Å². The van der Waals surface area contributed by atoms with E-state index in [0.29, 0.717) is 5.92 Å². The Morgan fingerprint density at radius 3 is 1.19 bits per heavy atom. The number of benzene rings is 12. The zero-order valence-corrected chi connectivity index (χ0v) is 42.0. The quantitative estimate of drug-likeness (QED) is 0.142. The van der Waals surface area contributed by atoms with E-state index in [1.807, 2.05) is 0 Å². The summed E-state index contributed by atoms with van der Waals surface area (Å²) in [7, 11) is 0. The van der Waals surface area contributed by atoms with Gasteiger partial charge >= 0.3 is 0 Å². The summed E-state index contributed by atoms with van der Waals surface area (Å²) >= 11 is 0. The highest BCUT2D eigenvalue weighted by atomic mass is 15.1. The van der Waals surface area contributed by atoms with Gasteiger partial charge in [0.05, 0.1) is 0 Å². The van der Waals surface area contributed by atoms with Gasteiger partial charge < -0.3 is 9.80 Å². The van der Waals surface area contributed by atoms with Crippen molar-refractivity contribution in [2.45, 2.75) is 50.4 Å². The van der Waals surface area contributed by atoms with Gasteiger partial charge in [-0.05, 0) is 190 Å². The van der Waals surface area contributed by atoms with Crippen molar-refractivity contribution in [3.63, 3.8) is 0 Å². The number of hydrogen-bond donors (Lipinski definition) is 0. The first-order chi connectivity index (χ1) is 36.3. The third-order valence-electron chi connectivity index (χ3n) is 17.4. The summed E-state index contributed by atoms with van der Waals surface area (Å²) in [6, 6.07) is 91.1. The van der Waals surface area contributed by atoms with Crippen LogP contribution in [0.25, 0.3) is 54.2 Å². The summed E-state index contributed by atoms with van der Waals surface area (Å²) in [5.41, 5.74) is 21.3. The molecule has 0 saturated heterocycles. The van der Waals surface area contributed by atoms with Crippen LogP contribution in [0.15, 0.2) is 243 Å². The first kappa shape index (κ1) is 42.9. The molecule has 352 valence electrons. The zero-order chi connectivity index (χ0) is 49.3. The number of nitrogens with zero attached hydrogens (tertiary/aromatic N) is 2. The van der Waals surface area contributed by atoms with Crippen LogP contribution in [-0.2, 0) is 17.3 Å². The Kier molecular flexibility index (Phi) is 9.36. The monoisotopic (exact) mass is 946 g/mol. The molecule has 15 rings (SSSR count). The third kappa shape index (κ3) is 6.57. The van der Waals surface area contributed by atoms with Gasteiger partial charge in [-0.2, -0.15) is 0 Å². The fourth-order valence-corrected chi connectivity index (χ4v) is 13.3. The minimum Gasteiger partial charge on any atom is -0.310 e. The fraction of sp³-hybridized carbons (Fsp3) is 0.111. The van der Waals surface area contributed by atoms with Crippen molar-refractivity contribution in [2.24, 2.45) is 0 Å². The maximum absolute atomic E-state index is 2.61. The predicted molar refractivity (Wildman–Crippen MR) is 312 cm³/mol. The van der Waals surface area contributed by atoms with Crippen molar-refractivity contribution in [1.29, 1.82) is 0 Å². The lowest BCUT2D eigenvalue weighted by Gasteiger charge is -2.45. The molecule has 12 aromatic rings. The second kappa shape index (κ2) is 16.1. The second-order valence-corrected chi connectivity index (χ2v) is 21.7. The van der Waals surface area contributed by atoms with Crippen LogP contribution >= 0.6 is 0 Å². The number of rotatable bonds is 9. The van der Waals surface area contributed by atoms with Gasteiger partial charge in [-0.1, -0.05) is 185 Å². The molecule has 0 bridgehead atoms. The third-order valence-corrected chi connectivity index (χ3v) is 17.4. The van der Waals surface area contributed by atoms with E-state index in [9.17, 15) is 0 Å². The van der Waals surface area contributed by atoms with E-state index >= 15 is 0 Å². The molecule has 0 spiro atoms. The molecule has 0 aliphatic heterocycles. The molecule has 2 atom stereocenters. The van der Waals surface area contributed by atoms with E-state index in [-0.39, 0.29) is 10.8 Å². The highest BCUT2D eigenvalue weighted by Gasteiger charge is 2.48. The fourth-order valence-electron chi connectivity index (χ4n) is 13.3. The van der Waals surface area contributed by atoms with Crippen molar-refractivity contribution in [3.05, 3.63) is 287 Å². The van der Waals surface area contributed by atoms with Crippen LogP contribution in [0.2, 0.25) is 0 Å². The highest BCUT2D eigenvalue weighted by molar-refractivity contribution is 5.95. The molecular formula is C72H54N2. The Morgan fingerprint density at radius 2 is 0.743 bits per heavy atom. The molecule has 3 aliphatic carbocycles. The van der Waals surface area contributed by atoms with Gasteiger partial charge in [-0.3, -0.25) is 0 Å². The molecule has 0 saturated carbocycles. The van der Waals surface area contributed by atoms with Crippen LogP contribution in [0.3, 0.4) is 0 Å². The Labute approximate surface area is 433 Å². The maximum Gasteiger partial charge on any atom is 0.0468 e. The van der Waals surface area contributed by atoms with Crippen molar-refractivity contribution in [2.75, 3.05) is 9.80 Å². The maximum atomic E-state index is 2.61. The molecule has 0 aromatic heterocycles. The standard InChI is InChI=1S/C72H54N2/c1-4-72(56-27-35-58(36-28-56)74(61-33-23-48-15-7-11-19-53(48)39-61)62-34-24-49-16-8-12-20-54(49)40-62)45-55-41-63-64-42-65-66(43-68(64)71(2,3)69(63)44-67(55)72)70(65)50-25-29-57(30-26-50)73(59-31-21-46-13-5-9-17-51(46)37-59)60-32-22-47-14-6-10-18-52(47)38-60/h5-44,70H,4,45H2,1-3H3. The minimum atomic E-state index is -0.106. The van der Waals surface area contributed by atoms with Gasteiger partial charge in [0.25, 0.3) is 0 Å². The predicted octanol–water partition coefficient (Wildman–Crippen LogP) is 19.3. The molecule has 0 fully saturated rings. The summed E-state index contributed by atoms with van der Waals surface area (Å²) in [6.07, 6.45) is 2.11. The molecule has 0 radical (unpaired) electrons. The molecule has 2 heteroatoms. The average Bonchev–Trinajstić information content (AvgIpc) is 4.11. The van der Waals surface area contributed by atoms with E-state index in [2.05, 4.69) is 273 Å². The number of anilines is 6.